The number of ether oxygens (including phenoxy) is 3. The first-order valence-corrected chi connectivity index (χ1v) is 7.75. The molecule has 2 rings (SSSR count). The van der Waals surface area contributed by atoms with Crippen LogP contribution in [0.25, 0.3) is 0 Å². The lowest BCUT2D eigenvalue weighted by Gasteiger charge is -2.19. The van der Waals surface area contributed by atoms with Crippen LogP contribution < -0.4 is 19.5 Å². The van der Waals surface area contributed by atoms with Gasteiger partial charge in [0.1, 0.15) is 17.2 Å². The first-order chi connectivity index (χ1) is 11.1. The molecule has 0 aliphatic heterocycles. The summed E-state index contributed by atoms with van der Waals surface area (Å²) in [4.78, 5) is 0. The zero-order chi connectivity index (χ0) is 16.8. The maximum absolute atomic E-state index is 6.25. The molecule has 0 unspecified atom stereocenters. The number of methoxy groups -OCH3 is 3. The summed E-state index contributed by atoms with van der Waals surface area (Å²) in [6, 6.07) is 11.6. The Morgan fingerprint density at radius 1 is 1.00 bits per heavy atom. The van der Waals surface area contributed by atoms with Gasteiger partial charge >= 0.3 is 0 Å². The summed E-state index contributed by atoms with van der Waals surface area (Å²) >= 11 is 6.25. The number of hydrogen-bond acceptors (Lipinski definition) is 4. The predicted octanol–water partition coefficient (Wildman–Crippen LogP) is 4.22. The van der Waals surface area contributed by atoms with Crippen LogP contribution in [0.15, 0.2) is 36.4 Å². The molecule has 1 atom stereocenters. The van der Waals surface area contributed by atoms with E-state index < -0.39 is 0 Å². The Kier molecular flexibility index (Phi) is 6.13. The summed E-state index contributed by atoms with van der Waals surface area (Å²) in [7, 11) is 4.88. The lowest BCUT2D eigenvalue weighted by atomic mass is 10.1. The molecule has 0 saturated carbocycles. The van der Waals surface area contributed by atoms with Gasteiger partial charge in [0.2, 0.25) is 0 Å². The van der Waals surface area contributed by atoms with Crippen LogP contribution in [0.5, 0.6) is 17.2 Å². The molecular formula is C18H22ClNO3. The van der Waals surface area contributed by atoms with Crippen LogP contribution >= 0.6 is 11.6 Å². The van der Waals surface area contributed by atoms with Gasteiger partial charge in [0.15, 0.2) is 0 Å². The second-order valence-corrected chi connectivity index (χ2v) is 5.54. The third-order valence-corrected chi connectivity index (χ3v) is 4.12. The van der Waals surface area contributed by atoms with Gasteiger partial charge in [-0.1, -0.05) is 29.8 Å². The van der Waals surface area contributed by atoms with Crippen molar-refractivity contribution in [3.05, 3.63) is 52.5 Å². The molecule has 0 bridgehead atoms. The molecule has 0 aromatic heterocycles. The molecule has 0 spiro atoms. The minimum absolute atomic E-state index is 0.0974. The Hall–Kier alpha value is -1.91. The summed E-state index contributed by atoms with van der Waals surface area (Å²) < 4.78 is 16.2. The topological polar surface area (TPSA) is 39.7 Å². The average Bonchev–Trinajstić information content (AvgIpc) is 2.59. The molecule has 0 fully saturated rings. The summed E-state index contributed by atoms with van der Waals surface area (Å²) in [5.74, 6) is 2.14. The van der Waals surface area contributed by atoms with E-state index in [2.05, 4.69) is 12.2 Å². The SMILES string of the molecule is COc1cc(OC)c(CN[C@@H](C)c2ccccc2Cl)c(OC)c1. The summed E-state index contributed by atoms with van der Waals surface area (Å²) in [6.45, 7) is 2.66. The van der Waals surface area contributed by atoms with E-state index in [0.717, 1.165) is 27.6 Å². The fourth-order valence-electron chi connectivity index (χ4n) is 2.44. The smallest absolute Gasteiger partial charge is 0.130 e. The monoisotopic (exact) mass is 335 g/mol. The van der Waals surface area contributed by atoms with E-state index in [4.69, 9.17) is 25.8 Å². The van der Waals surface area contributed by atoms with Crippen molar-refractivity contribution >= 4 is 11.6 Å². The zero-order valence-electron chi connectivity index (χ0n) is 13.9. The lowest BCUT2D eigenvalue weighted by molar-refractivity contribution is 0.365. The summed E-state index contributed by atoms with van der Waals surface area (Å²) in [6.07, 6.45) is 0. The molecule has 0 saturated heterocycles. The van der Waals surface area contributed by atoms with Gasteiger partial charge in [-0.25, -0.2) is 0 Å². The van der Waals surface area contributed by atoms with E-state index in [0.29, 0.717) is 12.3 Å². The van der Waals surface area contributed by atoms with E-state index in [1.807, 2.05) is 36.4 Å². The van der Waals surface area contributed by atoms with Gasteiger partial charge in [-0.3, -0.25) is 0 Å². The molecule has 0 heterocycles. The first kappa shape index (κ1) is 17.4. The van der Waals surface area contributed by atoms with Gasteiger partial charge in [0.25, 0.3) is 0 Å². The molecule has 0 aliphatic carbocycles. The van der Waals surface area contributed by atoms with Crippen LogP contribution in [0.1, 0.15) is 24.1 Å². The van der Waals surface area contributed by atoms with Crippen molar-refractivity contribution in [1.29, 1.82) is 0 Å². The lowest BCUT2D eigenvalue weighted by Crippen LogP contribution is -2.19. The molecular weight excluding hydrogens is 314 g/mol. The molecule has 4 nitrogen and oxygen atoms in total. The fourth-order valence-corrected chi connectivity index (χ4v) is 2.74. The minimum Gasteiger partial charge on any atom is -0.496 e. The standard InChI is InChI=1S/C18H22ClNO3/c1-12(14-7-5-6-8-16(14)19)20-11-15-17(22-3)9-13(21-2)10-18(15)23-4/h5-10,12,20H,11H2,1-4H3/t12-/m0/s1. The Morgan fingerprint density at radius 2 is 1.61 bits per heavy atom. The number of benzene rings is 2. The highest BCUT2D eigenvalue weighted by atomic mass is 35.5. The van der Waals surface area contributed by atoms with Crippen molar-refractivity contribution in [3.8, 4) is 17.2 Å². The van der Waals surface area contributed by atoms with Gasteiger partial charge in [0.05, 0.1) is 26.9 Å². The van der Waals surface area contributed by atoms with E-state index in [1.54, 1.807) is 21.3 Å². The van der Waals surface area contributed by atoms with Gasteiger partial charge in [0, 0.05) is 29.7 Å². The minimum atomic E-state index is 0.0974. The highest BCUT2D eigenvalue weighted by Crippen LogP contribution is 2.34. The van der Waals surface area contributed by atoms with Crippen molar-refractivity contribution in [2.75, 3.05) is 21.3 Å². The Morgan fingerprint density at radius 3 is 2.13 bits per heavy atom. The average molecular weight is 336 g/mol. The fraction of sp³-hybridized carbons (Fsp3) is 0.333. The second-order valence-electron chi connectivity index (χ2n) is 5.13. The molecule has 5 heteroatoms. The van der Waals surface area contributed by atoms with E-state index in [9.17, 15) is 0 Å². The first-order valence-electron chi connectivity index (χ1n) is 7.37. The Bertz CT molecular complexity index is 635. The van der Waals surface area contributed by atoms with Gasteiger partial charge in [-0.15, -0.1) is 0 Å². The van der Waals surface area contributed by atoms with Crippen LogP contribution in [-0.2, 0) is 6.54 Å². The third-order valence-electron chi connectivity index (χ3n) is 3.77. The van der Waals surface area contributed by atoms with Crippen LogP contribution in [0.3, 0.4) is 0 Å². The van der Waals surface area contributed by atoms with E-state index in [1.165, 1.54) is 0 Å². The van der Waals surface area contributed by atoms with E-state index in [-0.39, 0.29) is 6.04 Å². The molecule has 0 aliphatic rings. The number of rotatable bonds is 7. The molecule has 2 aromatic rings. The van der Waals surface area contributed by atoms with Crippen LogP contribution in [-0.4, -0.2) is 21.3 Å². The van der Waals surface area contributed by atoms with Crippen LogP contribution in [0.2, 0.25) is 5.02 Å². The molecule has 2 aromatic carbocycles. The predicted molar refractivity (Wildman–Crippen MR) is 92.8 cm³/mol. The molecule has 124 valence electrons. The van der Waals surface area contributed by atoms with Crippen molar-refractivity contribution in [2.45, 2.75) is 19.5 Å². The van der Waals surface area contributed by atoms with E-state index >= 15 is 0 Å². The van der Waals surface area contributed by atoms with Crippen LogP contribution in [0.4, 0.5) is 0 Å². The molecule has 23 heavy (non-hydrogen) atoms. The maximum Gasteiger partial charge on any atom is 0.130 e. The van der Waals surface area contributed by atoms with Gasteiger partial charge in [-0.2, -0.15) is 0 Å². The van der Waals surface area contributed by atoms with Crippen molar-refractivity contribution in [2.24, 2.45) is 0 Å². The van der Waals surface area contributed by atoms with Crippen LogP contribution in [0, 0.1) is 0 Å². The normalized spacial score (nSPS) is 11.9. The molecule has 0 amide bonds. The second kappa shape index (κ2) is 8.09. The van der Waals surface area contributed by atoms with Gasteiger partial charge in [-0.05, 0) is 18.6 Å². The van der Waals surface area contributed by atoms with Crippen molar-refractivity contribution in [1.82, 2.24) is 5.32 Å². The quantitative estimate of drug-likeness (QED) is 0.822. The summed E-state index contributed by atoms with van der Waals surface area (Å²) in [5.41, 5.74) is 2.00. The highest BCUT2D eigenvalue weighted by Gasteiger charge is 2.15. The molecule has 0 radical (unpaired) electrons. The zero-order valence-corrected chi connectivity index (χ0v) is 14.6. The highest BCUT2D eigenvalue weighted by molar-refractivity contribution is 6.31. The number of nitrogens with one attached hydrogen (secondary N) is 1. The van der Waals surface area contributed by atoms with Gasteiger partial charge < -0.3 is 19.5 Å². The Balaban J connectivity index is 2.21. The van der Waals surface area contributed by atoms with Crippen molar-refractivity contribution < 1.29 is 14.2 Å². The number of hydrogen-bond donors (Lipinski definition) is 1. The van der Waals surface area contributed by atoms with Crippen molar-refractivity contribution in [3.63, 3.8) is 0 Å². The largest absolute Gasteiger partial charge is 0.496 e. The number of halogens is 1. The Labute approximate surface area is 142 Å². The molecule has 1 N–H and O–H groups in total. The maximum atomic E-state index is 6.25. The summed E-state index contributed by atoms with van der Waals surface area (Å²) in [5, 5.41) is 4.21. The third kappa shape index (κ3) is 4.09.